The van der Waals surface area contributed by atoms with E-state index in [4.69, 9.17) is 30.8 Å². The predicted molar refractivity (Wildman–Crippen MR) is 119 cm³/mol. The highest BCUT2D eigenvalue weighted by Gasteiger charge is 2.07. The minimum Gasteiger partial charge on any atom is -0.303 e. The Bertz CT molecular complexity index is 1300. The monoisotopic (exact) mass is 476 g/mol. The molecule has 0 atom stereocenters. The molecule has 0 saturated carbocycles. The largest absolute Gasteiger partial charge is 0.466 e. The van der Waals surface area contributed by atoms with E-state index < -0.39 is 7.82 Å². The van der Waals surface area contributed by atoms with E-state index in [0.717, 1.165) is 28.0 Å². The third-order valence-electron chi connectivity index (χ3n) is 4.13. The minimum atomic E-state index is -4.64. The van der Waals surface area contributed by atoms with Crippen molar-refractivity contribution >= 4 is 41.9 Å². The molecule has 0 saturated heterocycles. The second kappa shape index (κ2) is 9.94. The Hall–Kier alpha value is -3.21. The van der Waals surface area contributed by atoms with E-state index in [1.807, 2.05) is 60.0 Å². The van der Waals surface area contributed by atoms with Gasteiger partial charge in [0.2, 0.25) is 12.1 Å². The average Bonchev–Trinajstić information content (AvgIpc) is 3.17. The number of fused-ring (bicyclic) bond motifs is 1. The first-order valence-corrected chi connectivity index (χ1v) is 11.0. The molecule has 32 heavy (non-hydrogen) atoms. The van der Waals surface area contributed by atoms with Gasteiger partial charge in [-0.15, -0.1) is 0 Å². The van der Waals surface area contributed by atoms with Crippen LogP contribution in [-0.2, 0) is 11.6 Å². The molecule has 0 bridgehead atoms. The summed E-state index contributed by atoms with van der Waals surface area (Å²) in [7, 11) is -2.67. The number of nitrogens with zero attached hydrogens (tertiary/aromatic N) is 6. The summed E-state index contributed by atoms with van der Waals surface area (Å²) in [5.41, 5.74) is 5.49. The van der Waals surface area contributed by atoms with Crippen LogP contribution in [0.3, 0.4) is 0 Å². The highest BCUT2D eigenvalue weighted by Crippen LogP contribution is 2.26. The molecule has 166 valence electrons. The number of aromatic nitrogens is 5. The molecule has 0 spiro atoms. The van der Waals surface area contributed by atoms with Crippen molar-refractivity contribution in [2.24, 2.45) is 12.1 Å². The van der Waals surface area contributed by atoms with Crippen molar-refractivity contribution in [3.8, 4) is 5.82 Å². The molecule has 4 rings (SSSR count). The number of nitrogens with one attached hydrogen (secondary N) is 1. The zero-order valence-electron chi connectivity index (χ0n) is 17.0. The molecule has 0 aliphatic carbocycles. The maximum atomic E-state index is 8.88. The van der Waals surface area contributed by atoms with Gasteiger partial charge in [-0.25, -0.2) is 24.1 Å². The average molecular weight is 477 g/mol. The van der Waals surface area contributed by atoms with Crippen molar-refractivity contribution in [2.75, 3.05) is 5.43 Å². The molecule has 3 aromatic heterocycles. The smallest absolute Gasteiger partial charge is 0.303 e. The molecule has 0 aliphatic rings. The molecule has 0 aliphatic heterocycles. The molecule has 13 heteroatoms. The summed E-state index contributed by atoms with van der Waals surface area (Å²) in [5, 5.41) is 5.92. The SMILES string of the molecule is C/C(=N\Nc1ncnc2cc(Cl)ccc12)c1ccc(-n2cc[n+](C)c2)nc1.O=P(O)(O)O. The Morgan fingerprint density at radius 3 is 2.56 bits per heavy atom. The Morgan fingerprint density at radius 1 is 1.19 bits per heavy atom. The van der Waals surface area contributed by atoms with Gasteiger partial charge < -0.3 is 14.7 Å². The number of benzene rings is 1. The highest BCUT2D eigenvalue weighted by molar-refractivity contribution is 7.45. The quantitative estimate of drug-likeness (QED) is 0.151. The molecule has 0 amide bonds. The van der Waals surface area contributed by atoms with Crippen LogP contribution in [0.4, 0.5) is 5.82 Å². The first kappa shape index (κ1) is 23.5. The molecule has 3 heterocycles. The van der Waals surface area contributed by atoms with Crippen molar-refractivity contribution in [2.45, 2.75) is 6.92 Å². The van der Waals surface area contributed by atoms with Crippen LogP contribution in [0.1, 0.15) is 12.5 Å². The maximum absolute atomic E-state index is 8.88. The second-order valence-electron chi connectivity index (χ2n) is 6.60. The standard InChI is InChI=1S/C19H17ClN7.H3O4P/c1-13(14-3-6-18(21-10-14)27-8-7-26(2)12-27)24-25-19-16-5-4-15(20)9-17(16)22-11-23-19;1-5(2,3)4/h3-12H,1-2H3,(H,22,23,25);(H3,1,2,3,4)/q+1;/b24-13+;. The zero-order chi connectivity index (χ0) is 23.3. The minimum absolute atomic E-state index is 0.625. The van der Waals surface area contributed by atoms with Crippen LogP contribution in [0.15, 0.2) is 66.7 Å². The number of halogens is 1. The summed E-state index contributed by atoms with van der Waals surface area (Å²) >= 11 is 6.02. The van der Waals surface area contributed by atoms with E-state index in [1.165, 1.54) is 6.33 Å². The lowest BCUT2D eigenvalue weighted by atomic mass is 10.2. The first-order valence-electron chi connectivity index (χ1n) is 9.09. The normalized spacial score (nSPS) is 11.8. The number of anilines is 1. The lowest BCUT2D eigenvalue weighted by Crippen LogP contribution is -2.23. The van der Waals surface area contributed by atoms with E-state index in [9.17, 15) is 0 Å². The molecule has 0 unspecified atom stereocenters. The van der Waals surface area contributed by atoms with Gasteiger partial charge in [-0.05, 0) is 31.2 Å². The fraction of sp³-hybridized carbons (Fsp3) is 0.105. The first-order chi connectivity index (χ1) is 15.1. The van der Waals surface area contributed by atoms with Crippen molar-refractivity contribution in [1.82, 2.24) is 19.5 Å². The van der Waals surface area contributed by atoms with Crippen molar-refractivity contribution in [1.29, 1.82) is 0 Å². The van der Waals surface area contributed by atoms with Gasteiger partial charge in [0.25, 0.3) is 0 Å². The number of phosphoric acid groups is 1. The fourth-order valence-electron chi connectivity index (χ4n) is 2.66. The summed E-state index contributed by atoms with van der Waals surface area (Å²) < 4.78 is 12.8. The molecular formula is C19H20ClN7O4P+. The molecule has 0 radical (unpaired) electrons. The van der Waals surface area contributed by atoms with Crippen LogP contribution in [0.5, 0.6) is 0 Å². The molecule has 11 nitrogen and oxygen atoms in total. The fourth-order valence-corrected chi connectivity index (χ4v) is 2.83. The number of rotatable bonds is 4. The van der Waals surface area contributed by atoms with Gasteiger partial charge in [0.05, 0.1) is 18.3 Å². The summed E-state index contributed by atoms with van der Waals surface area (Å²) in [4.78, 5) is 34.6. The topological polar surface area (TPSA) is 150 Å². The van der Waals surface area contributed by atoms with Gasteiger partial charge in [-0.2, -0.15) is 9.67 Å². The van der Waals surface area contributed by atoms with Gasteiger partial charge in [0, 0.05) is 28.2 Å². The van der Waals surface area contributed by atoms with Gasteiger partial charge in [-0.3, -0.25) is 5.43 Å². The predicted octanol–water partition coefficient (Wildman–Crippen LogP) is 2.20. The number of hydrazone groups is 1. The van der Waals surface area contributed by atoms with Gasteiger partial charge in [0.15, 0.2) is 5.82 Å². The second-order valence-corrected chi connectivity index (χ2v) is 8.06. The lowest BCUT2D eigenvalue weighted by Gasteiger charge is -2.06. The molecule has 4 aromatic rings. The van der Waals surface area contributed by atoms with Crippen LogP contribution in [0, 0.1) is 0 Å². The Balaban J connectivity index is 0.000000523. The van der Waals surface area contributed by atoms with Crippen LogP contribution in [-0.4, -0.2) is 39.9 Å². The number of pyridine rings is 1. The third-order valence-corrected chi connectivity index (χ3v) is 4.36. The maximum Gasteiger partial charge on any atom is 0.466 e. The van der Waals surface area contributed by atoms with E-state index in [2.05, 4.69) is 25.5 Å². The molecular weight excluding hydrogens is 457 g/mol. The van der Waals surface area contributed by atoms with Crippen molar-refractivity contribution in [3.63, 3.8) is 0 Å². The summed E-state index contributed by atoms with van der Waals surface area (Å²) in [5.74, 6) is 1.47. The van der Waals surface area contributed by atoms with Crippen molar-refractivity contribution < 1.29 is 23.8 Å². The van der Waals surface area contributed by atoms with E-state index in [1.54, 1.807) is 18.3 Å². The highest BCUT2D eigenvalue weighted by atomic mass is 35.5. The van der Waals surface area contributed by atoms with Gasteiger partial charge in [0.1, 0.15) is 18.7 Å². The van der Waals surface area contributed by atoms with Gasteiger partial charge >= 0.3 is 7.82 Å². The van der Waals surface area contributed by atoms with E-state index >= 15 is 0 Å². The summed E-state index contributed by atoms with van der Waals surface area (Å²) in [6, 6.07) is 9.42. The zero-order valence-corrected chi connectivity index (χ0v) is 18.7. The summed E-state index contributed by atoms with van der Waals surface area (Å²) in [6.45, 7) is 1.92. The third kappa shape index (κ3) is 6.64. The van der Waals surface area contributed by atoms with Crippen LogP contribution in [0.2, 0.25) is 5.02 Å². The lowest BCUT2D eigenvalue weighted by molar-refractivity contribution is -0.670. The van der Waals surface area contributed by atoms with E-state index in [0.29, 0.717) is 10.8 Å². The van der Waals surface area contributed by atoms with Crippen LogP contribution in [0.25, 0.3) is 16.7 Å². The van der Waals surface area contributed by atoms with Crippen LogP contribution >= 0.6 is 19.4 Å². The Kier molecular flexibility index (Phi) is 7.29. The van der Waals surface area contributed by atoms with Gasteiger partial charge in [-0.1, -0.05) is 11.6 Å². The number of imidazole rings is 1. The Morgan fingerprint density at radius 2 is 1.94 bits per heavy atom. The number of hydrogen-bond donors (Lipinski definition) is 4. The molecule has 4 N–H and O–H groups in total. The molecule has 0 fully saturated rings. The Labute approximate surface area is 187 Å². The number of hydrogen-bond acceptors (Lipinski definition) is 6. The van der Waals surface area contributed by atoms with Crippen LogP contribution < -0.4 is 9.99 Å². The number of aryl methyl sites for hydroxylation is 1. The molecule has 1 aromatic carbocycles. The van der Waals surface area contributed by atoms with E-state index in [-0.39, 0.29) is 0 Å². The summed E-state index contributed by atoms with van der Waals surface area (Å²) in [6.07, 6.45) is 9.16. The van der Waals surface area contributed by atoms with Crippen molar-refractivity contribution in [3.05, 3.63) is 72.2 Å².